The number of aliphatic carboxylic acids is 1. The lowest BCUT2D eigenvalue weighted by Gasteiger charge is -2.16. The second-order valence-electron chi connectivity index (χ2n) is 5.66. The molecule has 2 aromatic carbocycles. The fourth-order valence-electron chi connectivity index (χ4n) is 2.63. The molecule has 25 heavy (non-hydrogen) atoms. The summed E-state index contributed by atoms with van der Waals surface area (Å²) in [7, 11) is 0. The highest BCUT2D eigenvalue weighted by Gasteiger charge is 2.31. The molecule has 1 aliphatic rings. The number of thioether (sulfide) groups is 1. The molecule has 0 unspecified atom stereocenters. The minimum absolute atomic E-state index is 0.0523. The van der Waals surface area contributed by atoms with Gasteiger partial charge in [0.05, 0.1) is 12.0 Å². The van der Waals surface area contributed by atoms with Gasteiger partial charge in [-0.25, -0.2) is 0 Å². The number of carbonyl (C=O) groups is 1. The second kappa shape index (κ2) is 8.27. The number of hydrogen-bond donors (Lipinski definition) is 2. The minimum atomic E-state index is -0.784. The number of carboxylic acid groups (broad SMARTS) is 1. The average molecular weight is 359 g/mol. The molecule has 1 fully saturated rings. The Morgan fingerprint density at radius 2 is 2.00 bits per heavy atom. The summed E-state index contributed by atoms with van der Waals surface area (Å²) >= 11 is 1.41. The van der Waals surface area contributed by atoms with Crippen LogP contribution in [0, 0.1) is 0 Å². The van der Waals surface area contributed by atoms with Gasteiger partial charge in [0.15, 0.2) is 11.5 Å². The molecule has 2 atom stereocenters. The summed E-state index contributed by atoms with van der Waals surface area (Å²) in [6.45, 7) is 3.39. The quantitative estimate of drug-likeness (QED) is 0.789. The minimum Gasteiger partial charge on any atom is -0.490 e. The van der Waals surface area contributed by atoms with Crippen LogP contribution in [0.1, 0.15) is 23.4 Å². The fourth-order valence-corrected chi connectivity index (χ4v) is 3.76. The van der Waals surface area contributed by atoms with Crippen molar-refractivity contribution in [2.45, 2.75) is 24.2 Å². The first-order valence-electron chi connectivity index (χ1n) is 8.22. The van der Waals surface area contributed by atoms with Crippen molar-refractivity contribution in [1.29, 1.82) is 0 Å². The molecular weight excluding hydrogens is 338 g/mol. The van der Waals surface area contributed by atoms with E-state index in [1.807, 2.05) is 55.5 Å². The summed E-state index contributed by atoms with van der Waals surface area (Å²) in [5.74, 6) is 0.581. The summed E-state index contributed by atoms with van der Waals surface area (Å²) in [6.07, 6.45) is 0. The molecule has 0 aliphatic carbocycles. The molecular formula is C19H21NO4S. The summed E-state index contributed by atoms with van der Waals surface area (Å²) in [5.41, 5.74) is 2.08. The molecule has 0 aromatic heterocycles. The highest BCUT2D eigenvalue weighted by Crippen LogP contribution is 2.39. The van der Waals surface area contributed by atoms with Crippen LogP contribution < -0.4 is 14.8 Å². The van der Waals surface area contributed by atoms with Crippen LogP contribution in [0.2, 0.25) is 0 Å². The van der Waals surface area contributed by atoms with Crippen molar-refractivity contribution < 1.29 is 19.4 Å². The van der Waals surface area contributed by atoms with Crippen molar-refractivity contribution in [1.82, 2.24) is 5.32 Å². The van der Waals surface area contributed by atoms with Gasteiger partial charge in [0, 0.05) is 6.54 Å². The van der Waals surface area contributed by atoms with Gasteiger partial charge < -0.3 is 14.6 Å². The molecule has 0 radical (unpaired) electrons. The second-order valence-corrected chi connectivity index (χ2v) is 6.98. The highest BCUT2D eigenvalue weighted by atomic mass is 32.2. The van der Waals surface area contributed by atoms with Crippen LogP contribution in [0.25, 0.3) is 0 Å². The van der Waals surface area contributed by atoms with E-state index < -0.39 is 11.2 Å². The molecule has 0 bridgehead atoms. The Bertz CT molecular complexity index is 723. The first-order chi connectivity index (χ1) is 12.2. The van der Waals surface area contributed by atoms with Crippen molar-refractivity contribution in [3.05, 3.63) is 59.7 Å². The largest absolute Gasteiger partial charge is 0.490 e. The number of rotatable bonds is 7. The van der Waals surface area contributed by atoms with Crippen LogP contribution in [0.3, 0.4) is 0 Å². The van der Waals surface area contributed by atoms with E-state index in [4.69, 9.17) is 14.6 Å². The lowest BCUT2D eigenvalue weighted by atomic mass is 10.2. The van der Waals surface area contributed by atoms with Gasteiger partial charge in [-0.05, 0) is 30.2 Å². The van der Waals surface area contributed by atoms with E-state index in [-0.39, 0.29) is 5.37 Å². The van der Waals surface area contributed by atoms with Crippen molar-refractivity contribution in [3.63, 3.8) is 0 Å². The third kappa shape index (κ3) is 4.46. The van der Waals surface area contributed by atoms with Crippen LogP contribution >= 0.6 is 11.8 Å². The molecule has 2 N–H and O–H groups in total. The van der Waals surface area contributed by atoms with E-state index >= 15 is 0 Å². The molecule has 0 spiro atoms. The topological polar surface area (TPSA) is 67.8 Å². The van der Waals surface area contributed by atoms with Crippen LogP contribution in [0.5, 0.6) is 11.5 Å². The van der Waals surface area contributed by atoms with E-state index in [1.54, 1.807) is 0 Å². The summed E-state index contributed by atoms with van der Waals surface area (Å²) < 4.78 is 11.6. The molecule has 1 heterocycles. The van der Waals surface area contributed by atoms with Gasteiger partial charge in [0.25, 0.3) is 0 Å². The zero-order valence-electron chi connectivity index (χ0n) is 14.0. The number of nitrogens with one attached hydrogen (secondary N) is 1. The van der Waals surface area contributed by atoms with Gasteiger partial charge in [-0.2, -0.15) is 0 Å². The van der Waals surface area contributed by atoms with Crippen LogP contribution in [-0.2, 0) is 11.4 Å². The predicted octanol–water partition coefficient (Wildman–Crippen LogP) is 3.45. The highest BCUT2D eigenvalue weighted by molar-refractivity contribution is 8.01. The smallest absolute Gasteiger partial charge is 0.318 e. The zero-order chi connectivity index (χ0) is 17.6. The Morgan fingerprint density at radius 3 is 2.68 bits per heavy atom. The number of benzene rings is 2. The monoisotopic (exact) mass is 359 g/mol. The Kier molecular flexibility index (Phi) is 5.83. The standard InChI is InChI=1S/C19H21NO4S/c1-2-23-16-10-14(18-20-11-17(25-18)19(21)22)8-9-15(16)24-12-13-6-4-3-5-7-13/h3-10,17-18,20H,2,11-12H2,1H3,(H,21,22)/t17-,18-/m0/s1. The van der Waals surface area contributed by atoms with Crippen molar-refractivity contribution in [2.24, 2.45) is 0 Å². The predicted molar refractivity (Wildman–Crippen MR) is 98.1 cm³/mol. The molecule has 2 aromatic rings. The summed E-state index contributed by atoms with van der Waals surface area (Å²) in [6, 6.07) is 15.7. The van der Waals surface area contributed by atoms with Gasteiger partial charge in [-0.1, -0.05) is 36.4 Å². The number of carboxylic acids is 1. The van der Waals surface area contributed by atoms with E-state index in [9.17, 15) is 4.79 Å². The molecule has 1 aliphatic heterocycles. The molecule has 6 heteroatoms. The Labute approximate surface area is 151 Å². The molecule has 1 saturated heterocycles. The van der Waals surface area contributed by atoms with Gasteiger partial charge in [0.2, 0.25) is 0 Å². The Hall–Kier alpha value is -2.18. The maximum Gasteiger partial charge on any atom is 0.318 e. The van der Waals surface area contributed by atoms with Gasteiger partial charge >= 0.3 is 5.97 Å². The van der Waals surface area contributed by atoms with Crippen molar-refractivity contribution in [2.75, 3.05) is 13.2 Å². The Morgan fingerprint density at radius 1 is 1.20 bits per heavy atom. The third-order valence-corrected chi connectivity index (χ3v) is 5.28. The SMILES string of the molecule is CCOc1cc([C@H]2NC[C@@H](C(=O)O)S2)ccc1OCc1ccccc1. The summed E-state index contributed by atoms with van der Waals surface area (Å²) in [5, 5.41) is 11.9. The van der Waals surface area contributed by atoms with Crippen molar-refractivity contribution >= 4 is 17.7 Å². The Balaban J connectivity index is 1.73. The van der Waals surface area contributed by atoms with Gasteiger partial charge in [-0.3, -0.25) is 10.1 Å². The van der Waals surface area contributed by atoms with E-state index in [0.29, 0.717) is 31.3 Å². The normalized spacial score (nSPS) is 19.6. The zero-order valence-corrected chi connectivity index (χ0v) is 14.8. The lowest BCUT2D eigenvalue weighted by molar-refractivity contribution is -0.136. The average Bonchev–Trinajstić information content (AvgIpc) is 3.12. The van der Waals surface area contributed by atoms with Crippen LogP contribution in [-0.4, -0.2) is 29.5 Å². The third-order valence-electron chi connectivity index (χ3n) is 3.87. The first-order valence-corrected chi connectivity index (χ1v) is 9.16. The molecule has 3 rings (SSSR count). The molecule has 132 valence electrons. The van der Waals surface area contributed by atoms with Gasteiger partial charge in [0.1, 0.15) is 11.9 Å². The lowest BCUT2D eigenvalue weighted by Crippen LogP contribution is -2.21. The molecule has 0 amide bonds. The number of hydrogen-bond acceptors (Lipinski definition) is 5. The van der Waals surface area contributed by atoms with Crippen molar-refractivity contribution in [3.8, 4) is 11.5 Å². The van der Waals surface area contributed by atoms with Crippen LogP contribution in [0.15, 0.2) is 48.5 Å². The first kappa shape index (κ1) is 17.6. The maximum absolute atomic E-state index is 11.1. The maximum atomic E-state index is 11.1. The van der Waals surface area contributed by atoms with E-state index in [1.165, 1.54) is 11.8 Å². The summed E-state index contributed by atoms with van der Waals surface area (Å²) in [4.78, 5) is 11.1. The molecule has 5 nitrogen and oxygen atoms in total. The van der Waals surface area contributed by atoms with E-state index in [0.717, 1.165) is 11.1 Å². The molecule has 0 saturated carbocycles. The fraction of sp³-hybridized carbons (Fsp3) is 0.316. The van der Waals surface area contributed by atoms with Crippen LogP contribution in [0.4, 0.5) is 0 Å². The number of ether oxygens (including phenoxy) is 2. The van der Waals surface area contributed by atoms with Gasteiger partial charge in [-0.15, -0.1) is 11.8 Å². The van der Waals surface area contributed by atoms with E-state index in [2.05, 4.69) is 5.32 Å².